The van der Waals surface area contributed by atoms with Crippen LogP contribution in [0.3, 0.4) is 0 Å². The van der Waals surface area contributed by atoms with Gasteiger partial charge in [0, 0.05) is 154 Å². The molecule has 1 amide bonds. The molecule has 0 aromatic carbocycles. The predicted molar refractivity (Wildman–Crippen MR) is 357 cm³/mol. The lowest BCUT2D eigenvalue weighted by Gasteiger charge is -2.41. The summed E-state index contributed by atoms with van der Waals surface area (Å²) in [5, 5.41) is 21.7. The van der Waals surface area contributed by atoms with Crippen LogP contribution in [0.4, 0.5) is 0 Å². The number of hydrogen-bond acceptors (Lipinski definition) is 19. The first-order valence-corrected chi connectivity index (χ1v) is 31.0. The lowest BCUT2D eigenvalue weighted by atomic mass is 9.90. The number of halogens is 1. The van der Waals surface area contributed by atoms with Gasteiger partial charge < -0.3 is 28.9 Å². The maximum Gasteiger partial charge on any atom is 0.272 e. The topological polar surface area (TPSA) is 270 Å². The summed E-state index contributed by atoms with van der Waals surface area (Å²) in [6.07, 6.45) is 24.9. The van der Waals surface area contributed by atoms with Crippen LogP contribution < -0.4 is 36.3 Å². The van der Waals surface area contributed by atoms with Gasteiger partial charge in [0.1, 0.15) is 23.5 Å². The Balaban J connectivity index is 0.000000161. The minimum atomic E-state index is -0.224. The molecule has 2 saturated carbocycles. The predicted octanol–water partition coefficient (Wildman–Crippen LogP) is 9.88. The van der Waals surface area contributed by atoms with Crippen LogP contribution in [0.5, 0.6) is 17.6 Å². The summed E-state index contributed by atoms with van der Waals surface area (Å²) in [6, 6.07) is 31.4. The second-order valence-corrected chi connectivity index (χ2v) is 23.3. The quantitative estimate of drug-likeness (QED) is 0.0906. The van der Waals surface area contributed by atoms with E-state index in [2.05, 4.69) is 82.7 Å². The number of likely N-dealkylation sites (tertiary alicyclic amines) is 3. The van der Waals surface area contributed by atoms with E-state index in [9.17, 15) is 19.2 Å². The maximum atomic E-state index is 12.2. The highest BCUT2D eigenvalue weighted by Gasteiger charge is 2.31. The molecule has 6 aliphatic rings. The van der Waals surface area contributed by atoms with Crippen LogP contribution in [-0.2, 0) is 4.79 Å². The highest BCUT2D eigenvalue weighted by atomic mass is 35.5. The molecule has 2 aliphatic carbocycles. The fourth-order valence-corrected chi connectivity index (χ4v) is 11.2. The van der Waals surface area contributed by atoms with Crippen LogP contribution in [0.15, 0.2) is 154 Å². The molecule has 8 aromatic heterocycles. The van der Waals surface area contributed by atoms with Gasteiger partial charge in [0.25, 0.3) is 16.7 Å². The van der Waals surface area contributed by atoms with E-state index < -0.39 is 0 Å². The van der Waals surface area contributed by atoms with Crippen molar-refractivity contribution in [3.05, 3.63) is 176 Å². The van der Waals surface area contributed by atoms with Crippen molar-refractivity contribution in [2.45, 2.75) is 143 Å². The number of hydrazone groups is 1. The lowest BCUT2D eigenvalue weighted by molar-refractivity contribution is -0.121. The van der Waals surface area contributed by atoms with Crippen molar-refractivity contribution in [2.75, 3.05) is 46.3 Å². The molecule has 8 aromatic rings. The molecule has 0 bridgehead atoms. The van der Waals surface area contributed by atoms with Crippen LogP contribution in [0, 0.1) is 0 Å². The number of H-pyrrole nitrogens is 2. The number of rotatable bonds is 13. The second-order valence-electron chi connectivity index (χ2n) is 22.9. The molecule has 3 N–H and O–H groups in total. The zero-order chi connectivity index (χ0) is 61.3. The van der Waals surface area contributed by atoms with Gasteiger partial charge in [-0.1, -0.05) is 52.8 Å². The average molecular weight is 1270 g/mol. The fraction of sp³-hybridized carbons (Fsp3) is 0.426. The van der Waals surface area contributed by atoms with Gasteiger partial charge >= 0.3 is 0 Å². The Morgan fingerprint density at radius 1 is 0.478 bits per heavy atom. The third kappa shape index (κ3) is 19.3. The summed E-state index contributed by atoms with van der Waals surface area (Å²) in [5.74, 6) is 2.38. The zero-order valence-electron chi connectivity index (χ0n) is 49.8. The molecule has 0 atom stereocenters. The molecular weight excluding hydrogens is 1190 g/mol. The molecule has 23 nitrogen and oxygen atoms in total. The summed E-state index contributed by atoms with van der Waals surface area (Å²) in [5.41, 5.74) is 8.11. The van der Waals surface area contributed by atoms with Crippen molar-refractivity contribution in [3.63, 3.8) is 0 Å². The van der Waals surface area contributed by atoms with Gasteiger partial charge in [-0.3, -0.25) is 19.2 Å². The number of aromatic amines is 2. The van der Waals surface area contributed by atoms with E-state index in [0.717, 1.165) is 118 Å². The summed E-state index contributed by atoms with van der Waals surface area (Å²) in [6.45, 7) is 6.62. The molecular formula is C68H85ClN16O7. The van der Waals surface area contributed by atoms with Crippen molar-refractivity contribution in [2.24, 2.45) is 5.10 Å². The van der Waals surface area contributed by atoms with Crippen LogP contribution in [0.2, 0.25) is 5.15 Å². The number of carbonyl (C=O) groups is 1. The molecule has 24 heteroatoms. The van der Waals surface area contributed by atoms with Crippen LogP contribution in [0.25, 0.3) is 39.6 Å². The van der Waals surface area contributed by atoms with E-state index in [1.165, 1.54) is 61.4 Å². The second kappa shape index (κ2) is 34.0. The van der Waals surface area contributed by atoms with Gasteiger partial charge in [0.2, 0.25) is 23.5 Å². The molecule has 3 saturated heterocycles. The fourth-order valence-electron chi connectivity index (χ4n) is 11.1. The van der Waals surface area contributed by atoms with E-state index in [1.54, 1.807) is 67.4 Å². The Hall–Kier alpha value is -8.90. The number of piperidine rings is 3. The maximum absolute atomic E-state index is 12.2. The van der Waals surface area contributed by atoms with Crippen molar-refractivity contribution in [1.82, 2.24) is 75.2 Å². The molecule has 0 unspecified atom stereocenters. The molecule has 14 rings (SSSR count). The number of nitrogens with one attached hydrogen (secondary N) is 3. The lowest BCUT2D eigenvalue weighted by Crippen LogP contribution is -2.46. The molecule has 486 valence electrons. The van der Waals surface area contributed by atoms with Crippen LogP contribution in [0.1, 0.15) is 118 Å². The number of pyridine rings is 5. The van der Waals surface area contributed by atoms with E-state index in [0.29, 0.717) is 58.5 Å². The van der Waals surface area contributed by atoms with E-state index in [-0.39, 0.29) is 63.2 Å². The van der Waals surface area contributed by atoms with E-state index in [1.807, 2.05) is 48.5 Å². The monoisotopic (exact) mass is 1270 g/mol. The molecule has 12 heterocycles. The largest absolute Gasteiger partial charge is 0.474 e. The van der Waals surface area contributed by atoms with Gasteiger partial charge in [-0.05, 0) is 132 Å². The van der Waals surface area contributed by atoms with Crippen molar-refractivity contribution in [3.8, 4) is 57.2 Å². The Kier molecular flexibility index (Phi) is 25.5. The van der Waals surface area contributed by atoms with Gasteiger partial charge in [0.15, 0.2) is 5.82 Å². The minimum absolute atomic E-state index is 0. The number of ether oxygens (including phenoxy) is 3. The minimum Gasteiger partial charge on any atom is -0.474 e. The molecule has 4 aliphatic heterocycles. The smallest absolute Gasteiger partial charge is 0.272 e. The van der Waals surface area contributed by atoms with Gasteiger partial charge in [0.05, 0.1) is 22.8 Å². The average Bonchev–Trinajstić information content (AvgIpc) is 0.982. The number of carbonyl (C=O) groups excluding carboxylic acids is 1. The SMILES string of the molecule is C.C.C.CN1CCC(Oc2ccc(-c3ccc(=O)[nH]n3)cn2)CC1.O=C1CCC(c2ccc(Cl)nc2)=NN1.O=c1ccc(-c2ccc(OC3CCN(C4CCC4)CC3)nc2)n[nH]1.O=c1ccc(-c2ccc(OC3CCN(C4CCC4)CC3)nc2)nn1-c1ccccn1. The van der Waals surface area contributed by atoms with Crippen molar-refractivity contribution >= 4 is 23.2 Å². The van der Waals surface area contributed by atoms with Gasteiger partial charge in [-0.2, -0.15) is 25.1 Å². The molecule has 5 fully saturated rings. The first kappa shape index (κ1) is 69.0. The molecule has 0 spiro atoms. The van der Waals surface area contributed by atoms with Gasteiger partial charge in [-0.25, -0.2) is 40.5 Å². The van der Waals surface area contributed by atoms with Crippen molar-refractivity contribution < 1.29 is 19.0 Å². The Morgan fingerprint density at radius 3 is 1.34 bits per heavy atom. The Labute approximate surface area is 542 Å². The number of aromatic nitrogens is 11. The number of hydrogen-bond donors (Lipinski definition) is 3. The van der Waals surface area contributed by atoms with E-state index in [4.69, 9.17) is 25.8 Å². The summed E-state index contributed by atoms with van der Waals surface area (Å²) in [7, 11) is 2.13. The Bertz CT molecular complexity index is 3730. The van der Waals surface area contributed by atoms with Crippen LogP contribution >= 0.6 is 11.6 Å². The third-order valence-electron chi connectivity index (χ3n) is 16.7. The summed E-state index contributed by atoms with van der Waals surface area (Å²) < 4.78 is 19.3. The summed E-state index contributed by atoms with van der Waals surface area (Å²) >= 11 is 5.65. The van der Waals surface area contributed by atoms with Crippen LogP contribution in [-0.4, -0.2) is 158 Å². The zero-order valence-corrected chi connectivity index (χ0v) is 50.5. The Morgan fingerprint density at radius 2 is 0.946 bits per heavy atom. The highest BCUT2D eigenvalue weighted by molar-refractivity contribution is 6.29. The van der Waals surface area contributed by atoms with Crippen molar-refractivity contribution in [1.29, 1.82) is 0 Å². The first-order valence-electron chi connectivity index (χ1n) is 30.7. The normalized spacial score (nSPS) is 17.4. The summed E-state index contributed by atoms with van der Waals surface area (Å²) in [4.78, 5) is 74.0. The first-order chi connectivity index (χ1) is 43.5. The molecule has 0 radical (unpaired) electrons. The number of amides is 1. The number of nitrogens with zero attached hydrogens (tertiary/aromatic N) is 13. The third-order valence-corrected chi connectivity index (χ3v) is 17.0. The highest BCUT2D eigenvalue weighted by Crippen LogP contribution is 2.31. The standard InChI is InChI=1S/C23H25N5O2.C18H22N4O2.C15H18N4O2.C9H8ClN3O.3CH4/c29-23-10-8-20(26-28(23)21-6-1-2-13-24-21)17-7-9-22(25-16-17)30-19-11-14-27(15-12-19)18-4-3-5-18;23-17-6-5-16(20-21-17)13-4-7-18(19-12-13)24-15-8-10-22(11-9-15)14-2-1-3-14;1-19-8-6-12(7-9-19)21-15-5-2-11(10-16-15)13-3-4-14(20)18-17-13;10-8-3-1-6(5-11-8)7-2-4-9(14)13-12-7;;;/h1-2,6-10,13,16,18-19H,3-5,11-12,14-15H2;4-7,12,14-15H,1-3,8-11H2,(H,21,23);2-5,10,12H,6-9H2,1H3,(H,18,20);1,3,5H,2,4H2,(H,13,14);3*1H4. The van der Waals surface area contributed by atoms with Gasteiger partial charge in [-0.15, -0.1) is 0 Å². The van der Waals surface area contributed by atoms with E-state index >= 15 is 0 Å². The molecule has 92 heavy (non-hydrogen) atoms.